The van der Waals surface area contributed by atoms with Gasteiger partial charge in [0.2, 0.25) is 0 Å². The molecular formula is C25H27NO5. The van der Waals surface area contributed by atoms with Crippen LogP contribution in [-0.4, -0.2) is 47.0 Å². The number of methoxy groups -OCH3 is 3. The lowest BCUT2D eigenvalue weighted by molar-refractivity contribution is 0.0535. The zero-order chi connectivity index (χ0) is 22.0. The fourth-order valence-electron chi connectivity index (χ4n) is 4.16. The van der Waals surface area contributed by atoms with Gasteiger partial charge in [-0.25, -0.2) is 4.79 Å². The molecule has 0 aliphatic carbocycles. The number of hydrogen-bond acceptors (Lipinski definition) is 6. The number of anilines is 1. The molecule has 0 saturated carbocycles. The molecule has 4 rings (SSSR count). The van der Waals surface area contributed by atoms with Crippen LogP contribution in [0.2, 0.25) is 0 Å². The van der Waals surface area contributed by atoms with Crippen LogP contribution in [0.4, 0.5) is 5.69 Å². The number of esters is 1. The summed E-state index contributed by atoms with van der Waals surface area (Å²) in [4.78, 5) is 14.9. The molecule has 0 saturated heterocycles. The first kappa shape index (κ1) is 21.0. The molecule has 0 spiro atoms. The van der Waals surface area contributed by atoms with Crippen LogP contribution in [0.1, 0.15) is 22.8 Å². The van der Waals surface area contributed by atoms with Crippen LogP contribution in [0.5, 0.6) is 11.5 Å². The van der Waals surface area contributed by atoms with Gasteiger partial charge in [-0.1, -0.05) is 12.1 Å². The number of fused-ring (bicyclic) bond motifs is 2. The lowest BCUT2D eigenvalue weighted by Gasteiger charge is -2.23. The molecule has 1 aliphatic heterocycles. The van der Waals surface area contributed by atoms with E-state index in [-0.39, 0.29) is 12.6 Å². The highest BCUT2D eigenvalue weighted by Gasteiger charge is 2.28. The van der Waals surface area contributed by atoms with Gasteiger partial charge in [-0.3, -0.25) is 0 Å². The summed E-state index contributed by atoms with van der Waals surface area (Å²) in [7, 11) is 4.94. The Kier molecular flexibility index (Phi) is 6.00. The van der Waals surface area contributed by atoms with E-state index in [0.717, 1.165) is 46.2 Å². The third-order valence-corrected chi connectivity index (χ3v) is 5.76. The number of nitrogens with zero attached hydrogens (tertiary/aromatic N) is 1. The molecule has 162 valence electrons. The lowest BCUT2D eigenvalue weighted by atomic mass is 9.90. The SMILES string of the molecule is CCN(CCOC)c1ccc(-c2c3c(cc4cc(OC)c(OC)cc24)COC3=O)cc1. The van der Waals surface area contributed by atoms with E-state index in [9.17, 15) is 4.79 Å². The van der Waals surface area contributed by atoms with Crippen LogP contribution in [0.15, 0.2) is 42.5 Å². The Morgan fingerprint density at radius 1 is 0.968 bits per heavy atom. The Morgan fingerprint density at radius 2 is 1.68 bits per heavy atom. The number of hydrogen-bond donors (Lipinski definition) is 0. The number of rotatable bonds is 8. The Hall–Kier alpha value is -3.25. The van der Waals surface area contributed by atoms with Crippen molar-refractivity contribution in [3.05, 3.63) is 53.6 Å². The van der Waals surface area contributed by atoms with E-state index in [1.54, 1.807) is 21.3 Å². The first-order valence-electron chi connectivity index (χ1n) is 10.3. The highest BCUT2D eigenvalue weighted by molar-refractivity contribution is 6.11. The zero-order valence-electron chi connectivity index (χ0n) is 18.4. The molecule has 6 nitrogen and oxygen atoms in total. The number of ether oxygens (including phenoxy) is 4. The molecule has 0 atom stereocenters. The summed E-state index contributed by atoms with van der Waals surface area (Å²) in [6, 6.07) is 14.2. The van der Waals surface area contributed by atoms with Crippen molar-refractivity contribution >= 4 is 22.4 Å². The monoisotopic (exact) mass is 421 g/mol. The van der Waals surface area contributed by atoms with E-state index in [0.29, 0.717) is 23.7 Å². The van der Waals surface area contributed by atoms with Crippen molar-refractivity contribution in [3.8, 4) is 22.6 Å². The van der Waals surface area contributed by atoms with Crippen LogP contribution in [0.25, 0.3) is 21.9 Å². The first-order chi connectivity index (χ1) is 15.1. The molecule has 0 bridgehead atoms. The molecule has 1 heterocycles. The van der Waals surface area contributed by atoms with Gasteiger partial charge in [0.25, 0.3) is 0 Å². The van der Waals surface area contributed by atoms with Crippen molar-refractivity contribution in [2.45, 2.75) is 13.5 Å². The third-order valence-electron chi connectivity index (χ3n) is 5.76. The van der Waals surface area contributed by atoms with E-state index < -0.39 is 0 Å². The average molecular weight is 421 g/mol. The Bertz CT molecular complexity index is 1110. The number of benzene rings is 3. The van der Waals surface area contributed by atoms with Crippen molar-refractivity contribution in [2.24, 2.45) is 0 Å². The van der Waals surface area contributed by atoms with Gasteiger partial charge in [-0.2, -0.15) is 0 Å². The molecule has 3 aromatic carbocycles. The molecule has 3 aromatic rings. The van der Waals surface area contributed by atoms with Crippen molar-refractivity contribution < 1.29 is 23.7 Å². The van der Waals surface area contributed by atoms with Crippen molar-refractivity contribution in [2.75, 3.05) is 45.9 Å². The second kappa shape index (κ2) is 8.86. The molecule has 0 radical (unpaired) electrons. The number of likely N-dealkylation sites (N-methyl/N-ethyl adjacent to an activating group) is 1. The topological polar surface area (TPSA) is 57.2 Å². The van der Waals surface area contributed by atoms with E-state index in [4.69, 9.17) is 18.9 Å². The standard InChI is InChI=1S/C25H27NO5/c1-5-26(10-11-28-2)19-8-6-16(7-9-19)23-20-14-22(30-4)21(29-3)13-17(20)12-18-15-31-25(27)24(18)23/h6-9,12-14H,5,10-11,15H2,1-4H3. The van der Waals surface area contributed by atoms with Crippen molar-refractivity contribution in [1.82, 2.24) is 0 Å². The molecule has 0 fully saturated rings. The molecule has 0 amide bonds. The average Bonchev–Trinajstić information content (AvgIpc) is 3.17. The third kappa shape index (κ3) is 3.79. The maximum atomic E-state index is 12.6. The number of carbonyl (C=O) groups is 1. The van der Waals surface area contributed by atoms with Crippen molar-refractivity contribution in [1.29, 1.82) is 0 Å². The molecular weight excluding hydrogens is 394 g/mol. The summed E-state index contributed by atoms with van der Waals surface area (Å²) in [5, 5.41) is 1.90. The fourth-order valence-corrected chi connectivity index (χ4v) is 4.16. The Labute approximate surface area is 182 Å². The summed E-state index contributed by atoms with van der Waals surface area (Å²) in [6.07, 6.45) is 0. The normalized spacial score (nSPS) is 12.6. The highest BCUT2D eigenvalue weighted by Crippen LogP contribution is 2.42. The molecule has 0 aromatic heterocycles. The van der Waals surface area contributed by atoms with Gasteiger partial charge in [0.1, 0.15) is 6.61 Å². The number of carbonyl (C=O) groups excluding carboxylic acids is 1. The maximum Gasteiger partial charge on any atom is 0.339 e. The largest absolute Gasteiger partial charge is 0.493 e. The van der Waals surface area contributed by atoms with Gasteiger partial charge >= 0.3 is 5.97 Å². The molecule has 1 aliphatic rings. The van der Waals surface area contributed by atoms with Gasteiger partial charge in [-0.15, -0.1) is 0 Å². The zero-order valence-corrected chi connectivity index (χ0v) is 18.4. The lowest BCUT2D eigenvalue weighted by Crippen LogP contribution is -2.26. The minimum Gasteiger partial charge on any atom is -0.493 e. The second-order valence-corrected chi connectivity index (χ2v) is 7.41. The predicted molar refractivity (Wildman–Crippen MR) is 121 cm³/mol. The van der Waals surface area contributed by atoms with Crippen LogP contribution in [-0.2, 0) is 16.1 Å². The van der Waals surface area contributed by atoms with E-state index in [1.165, 1.54) is 0 Å². The smallest absolute Gasteiger partial charge is 0.339 e. The summed E-state index contributed by atoms with van der Waals surface area (Å²) >= 11 is 0. The Morgan fingerprint density at radius 3 is 2.32 bits per heavy atom. The van der Waals surface area contributed by atoms with E-state index >= 15 is 0 Å². The molecule has 0 N–H and O–H groups in total. The van der Waals surface area contributed by atoms with Gasteiger partial charge < -0.3 is 23.8 Å². The maximum absolute atomic E-state index is 12.6. The van der Waals surface area contributed by atoms with Gasteiger partial charge in [0.15, 0.2) is 11.5 Å². The molecule has 31 heavy (non-hydrogen) atoms. The predicted octanol–water partition coefficient (Wildman–Crippen LogP) is 4.67. The Balaban J connectivity index is 1.88. The number of cyclic esters (lactones) is 1. The highest BCUT2D eigenvalue weighted by atomic mass is 16.5. The van der Waals surface area contributed by atoms with Crippen molar-refractivity contribution in [3.63, 3.8) is 0 Å². The quantitative estimate of drug-likeness (QED) is 0.493. The van der Waals surface area contributed by atoms with Gasteiger partial charge in [0, 0.05) is 37.0 Å². The minimum absolute atomic E-state index is 0.282. The second-order valence-electron chi connectivity index (χ2n) is 7.41. The van der Waals surface area contributed by atoms with Crippen LogP contribution >= 0.6 is 0 Å². The van der Waals surface area contributed by atoms with Crippen LogP contribution in [0, 0.1) is 0 Å². The summed E-state index contributed by atoms with van der Waals surface area (Å²) in [5.41, 5.74) is 4.45. The molecule has 6 heteroatoms. The summed E-state index contributed by atoms with van der Waals surface area (Å²) < 4.78 is 21.6. The first-order valence-corrected chi connectivity index (χ1v) is 10.3. The van der Waals surface area contributed by atoms with E-state index in [2.05, 4.69) is 36.1 Å². The van der Waals surface area contributed by atoms with Crippen LogP contribution < -0.4 is 14.4 Å². The fraction of sp³-hybridized carbons (Fsp3) is 0.320. The van der Waals surface area contributed by atoms with Crippen LogP contribution in [0.3, 0.4) is 0 Å². The summed E-state index contributed by atoms with van der Waals surface area (Å²) in [5.74, 6) is 0.982. The minimum atomic E-state index is -0.291. The summed E-state index contributed by atoms with van der Waals surface area (Å²) in [6.45, 7) is 4.77. The van der Waals surface area contributed by atoms with E-state index in [1.807, 2.05) is 18.2 Å². The van der Waals surface area contributed by atoms with Gasteiger partial charge in [0.05, 0.1) is 26.4 Å². The molecule has 0 unspecified atom stereocenters. The van der Waals surface area contributed by atoms with Gasteiger partial charge in [-0.05, 0) is 53.6 Å².